The maximum absolute atomic E-state index is 12.2. The standard InChI is InChI=1S/C19H19NO3/c1-23-18(9-5-8-15-6-3-2-4-7-15)19(22)20-17-12-10-16(14-21)11-13-17/h2-13,21H,14H2,1H3,(H,20,22)/b8-5+,18-9-. The third-order valence-electron chi connectivity index (χ3n) is 3.17. The predicted octanol–water partition coefficient (Wildman–Crippen LogP) is 3.36. The molecule has 118 valence electrons. The molecule has 0 saturated heterocycles. The molecule has 0 atom stereocenters. The average Bonchev–Trinajstić information content (AvgIpc) is 2.60. The molecule has 1 amide bonds. The van der Waals surface area contributed by atoms with E-state index in [0.717, 1.165) is 11.1 Å². The summed E-state index contributed by atoms with van der Waals surface area (Å²) in [6.07, 6.45) is 5.27. The third kappa shape index (κ3) is 5.13. The molecular weight excluding hydrogens is 290 g/mol. The van der Waals surface area contributed by atoms with Crippen molar-refractivity contribution in [2.45, 2.75) is 6.61 Å². The molecule has 0 aromatic heterocycles. The Hall–Kier alpha value is -2.85. The minimum Gasteiger partial charge on any atom is -0.491 e. The summed E-state index contributed by atoms with van der Waals surface area (Å²) in [4.78, 5) is 12.2. The summed E-state index contributed by atoms with van der Waals surface area (Å²) in [5, 5.41) is 11.7. The molecule has 0 aliphatic heterocycles. The number of anilines is 1. The fourth-order valence-electron chi connectivity index (χ4n) is 1.93. The number of amides is 1. The zero-order valence-corrected chi connectivity index (χ0v) is 12.9. The van der Waals surface area contributed by atoms with Crippen molar-refractivity contribution >= 4 is 17.7 Å². The van der Waals surface area contributed by atoms with Gasteiger partial charge in [-0.25, -0.2) is 0 Å². The van der Waals surface area contributed by atoms with Crippen LogP contribution in [-0.4, -0.2) is 18.1 Å². The van der Waals surface area contributed by atoms with E-state index in [1.165, 1.54) is 7.11 Å². The fraction of sp³-hybridized carbons (Fsp3) is 0.105. The summed E-state index contributed by atoms with van der Waals surface area (Å²) in [5.41, 5.74) is 2.47. The van der Waals surface area contributed by atoms with E-state index in [0.29, 0.717) is 5.69 Å². The number of rotatable bonds is 6. The normalized spacial score (nSPS) is 11.5. The van der Waals surface area contributed by atoms with Crippen molar-refractivity contribution < 1.29 is 14.6 Å². The quantitative estimate of drug-likeness (QED) is 0.489. The van der Waals surface area contributed by atoms with Gasteiger partial charge in [0.2, 0.25) is 0 Å². The average molecular weight is 309 g/mol. The second-order valence-corrected chi connectivity index (χ2v) is 4.81. The molecular formula is C19H19NO3. The summed E-state index contributed by atoms with van der Waals surface area (Å²) in [5.74, 6) is -0.120. The summed E-state index contributed by atoms with van der Waals surface area (Å²) < 4.78 is 5.12. The Morgan fingerprint density at radius 2 is 1.83 bits per heavy atom. The minimum atomic E-state index is -0.332. The lowest BCUT2D eigenvalue weighted by atomic mass is 10.2. The van der Waals surface area contributed by atoms with Gasteiger partial charge in [0.25, 0.3) is 5.91 Å². The SMILES string of the molecule is CO/C(=C\C=C\c1ccccc1)C(=O)Nc1ccc(CO)cc1. The Morgan fingerprint density at radius 1 is 1.13 bits per heavy atom. The Bertz CT molecular complexity index is 688. The summed E-state index contributed by atoms with van der Waals surface area (Å²) in [7, 11) is 1.45. The number of aliphatic hydroxyl groups is 1. The lowest BCUT2D eigenvalue weighted by Gasteiger charge is -2.07. The van der Waals surface area contributed by atoms with Gasteiger partial charge in [0, 0.05) is 5.69 Å². The fourth-order valence-corrected chi connectivity index (χ4v) is 1.93. The highest BCUT2D eigenvalue weighted by molar-refractivity contribution is 6.02. The molecule has 0 unspecified atom stereocenters. The van der Waals surface area contributed by atoms with Crippen molar-refractivity contribution in [1.29, 1.82) is 0 Å². The second kappa shape index (κ2) is 8.56. The maximum Gasteiger partial charge on any atom is 0.290 e. The number of hydrogen-bond acceptors (Lipinski definition) is 3. The first-order valence-electron chi connectivity index (χ1n) is 7.21. The molecule has 23 heavy (non-hydrogen) atoms. The van der Waals surface area contributed by atoms with Gasteiger partial charge in [-0.15, -0.1) is 0 Å². The lowest BCUT2D eigenvalue weighted by Crippen LogP contribution is -2.15. The van der Waals surface area contributed by atoms with Crippen LogP contribution < -0.4 is 5.32 Å². The van der Waals surface area contributed by atoms with Gasteiger partial charge in [-0.05, 0) is 29.3 Å². The Kier molecular flexibility index (Phi) is 6.15. The second-order valence-electron chi connectivity index (χ2n) is 4.81. The van der Waals surface area contributed by atoms with Crippen LogP contribution >= 0.6 is 0 Å². The van der Waals surface area contributed by atoms with Crippen LogP contribution in [0.4, 0.5) is 5.69 Å². The van der Waals surface area contributed by atoms with Crippen LogP contribution in [0.3, 0.4) is 0 Å². The van der Waals surface area contributed by atoms with Gasteiger partial charge in [-0.3, -0.25) is 4.79 Å². The molecule has 2 N–H and O–H groups in total. The molecule has 0 bridgehead atoms. The number of hydrogen-bond donors (Lipinski definition) is 2. The van der Waals surface area contributed by atoms with Crippen molar-refractivity contribution in [3.05, 3.63) is 83.6 Å². The van der Waals surface area contributed by atoms with Gasteiger partial charge < -0.3 is 15.2 Å². The van der Waals surface area contributed by atoms with Crippen LogP contribution in [0.1, 0.15) is 11.1 Å². The van der Waals surface area contributed by atoms with Crippen molar-refractivity contribution in [3.63, 3.8) is 0 Å². The van der Waals surface area contributed by atoms with Gasteiger partial charge in [0.05, 0.1) is 13.7 Å². The summed E-state index contributed by atoms with van der Waals surface area (Å²) in [6, 6.07) is 16.8. The molecule has 0 aliphatic carbocycles. The van der Waals surface area contributed by atoms with Crippen molar-refractivity contribution in [1.82, 2.24) is 0 Å². The van der Waals surface area contributed by atoms with E-state index in [9.17, 15) is 4.79 Å². The van der Waals surface area contributed by atoms with Crippen LogP contribution in [0.5, 0.6) is 0 Å². The lowest BCUT2D eigenvalue weighted by molar-refractivity contribution is -0.115. The summed E-state index contributed by atoms with van der Waals surface area (Å²) in [6.45, 7) is -0.0261. The molecule has 0 radical (unpaired) electrons. The van der Waals surface area contributed by atoms with Gasteiger partial charge >= 0.3 is 0 Å². The molecule has 0 saturated carbocycles. The first-order valence-corrected chi connectivity index (χ1v) is 7.21. The monoisotopic (exact) mass is 309 g/mol. The largest absolute Gasteiger partial charge is 0.491 e. The number of methoxy groups -OCH3 is 1. The van der Waals surface area contributed by atoms with Crippen LogP contribution in [0, 0.1) is 0 Å². The minimum absolute atomic E-state index is 0.0261. The van der Waals surface area contributed by atoms with Gasteiger partial charge in [-0.2, -0.15) is 0 Å². The topological polar surface area (TPSA) is 58.6 Å². The van der Waals surface area contributed by atoms with Crippen molar-refractivity contribution in [3.8, 4) is 0 Å². The molecule has 2 aromatic carbocycles. The molecule has 4 heteroatoms. The molecule has 2 aromatic rings. The van der Waals surface area contributed by atoms with Crippen LogP contribution in [0.15, 0.2) is 72.5 Å². The number of carbonyl (C=O) groups excluding carboxylic acids is 1. The number of carbonyl (C=O) groups is 1. The molecule has 0 aliphatic rings. The number of ether oxygens (including phenoxy) is 1. The van der Waals surface area contributed by atoms with Crippen LogP contribution in [-0.2, 0) is 16.1 Å². The van der Waals surface area contributed by atoms with Crippen molar-refractivity contribution in [2.75, 3.05) is 12.4 Å². The highest BCUT2D eigenvalue weighted by atomic mass is 16.5. The van der Waals surface area contributed by atoms with E-state index >= 15 is 0 Å². The molecule has 2 rings (SSSR count). The molecule has 0 heterocycles. The van der Waals surface area contributed by atoms with Crippen LogP contribution in [0.2, 0.25) is 0 Å². The predicted molar refractivity (Wildman–Crippen MR) is 91.6 cm³/mol. The molecule has 4 nitrogen and oxygen atoms in total. The molecule has 0 spiro atoms. The number of benzene rings is 2. The first-order chi connectivity index (χ1) is 11.2. The van der Waals surface area contributed by atoms with E-state index in [4.69, 9.17) is 9.84 Å². The number of nitrogens with one attached hydrogen (secondary N) is 1. The number of aliphatic hydroxyl groups excluding tert-OH is 1. The maximum atomic E-state index is 12.2. The zero-order valence-electron chi connectivity index (χ0n) is 12.9. The van der Waals surface area contributed by atoms with E-state index in [2.05, 4.69) is 5.32 Å². The highest BCUT2D eigenvalue weighted by Gasteiger charge is 2.08. The van der Waals surface area contributed by atoms with Crippen molar-refractivity contribution in [2.24, 2.45) is 0 Å². The molecule has 0 fully saturated rings. The van der Waals surface area contributed by atoms with Gasteiger partial charge in [-0.1, -0.05) is 54.6 Å². The van der Waals surface area contributed by atoms with E-state index in [1.807, 2.05) is 36.4 Å². The van der Waals surface area contributed by atoms with E-state index < -0.39 is 0 Å². The van der Waals surface area contributed by atoms with Gasteiger partial charge in [0.1, 0.15) is 0 Å². The Labute approximate surface area is 135 Å². The third-order valence-corrected chi connectivity index (χ3v) is 3.17. The Morgan fingerprint density at radius 3 is 2.43 bits per heavy atom. The van der Waals surface area contributed by atoms with Gasteiger partial charge in [0.15, 0.2) is 5.76 Å². The van der Waals surface area contributed by atoms with Crippen LogP contribution in [0.25, 0.3) is 6.08 Å². The highest BCUT2D eigenvalue weighted by Crippen LogP contribution is 2.11. The summed E-state index contributed by atoms with van der Waals surface area (Å²) >= 11 is 0. The zero-order chi connectivity index (χ0) is 16.5. The van der Waals surface area contributed by atoms with E-state index in [-0.39, 0.29) is 18.3 Å². The smallest absolute Gasteiger partial charge is 0.290 e. The van der Waals surface area contributed by atoms with E-state index in [1.54, 1.807) is 36.4 Å². The first kappa shape index (κ1) is 16.5. The Balaban J connectivity index is 2.02. The number of allylic oxidation sites excluding steroid dienone is 2.